The molecule has 0 heterocycles. The molecule has 17 heavy (non-hydrogen) atoms. The molecule has 1 atom stereocenters. The number of anilines is 1. The van der Waals surface area contributed by atoms with Crippen molar-refractivity contribution < 1.29 is 4.79 Å². The van der Waals surface area contributed by atoms with Gasteiger partial charge in [0.1, 0.15) is 0 Å². The van der Waals surface area contributed by atoms with Gasteiger partial charge in [-0.05, 0) is 30.4 Å². The van der Waals surface area contributed by atoms with Crippen LogP contribution in [0.4, 0.5) is 5.69 Å². The van der Waals surface area contributed by atoms with E-state index in [-0.39, 0.29) is 18.3 Å². The molecular weight excluding hydrogens is 256 g/mol. The molecule has 0 aliphatic heterocycles. The van der Waals surface area contributed by atoms with E-state index in [1.54, 1.807) is 6.92 Å². The van der Waals surface area contributed by atoms with E-state index in [0.29, 0.717) is 0 Å². The number of nitrogens with two attached hydrogens (primary N) is 1. The van der Waals surface area contributed by atoms with Crippen molar-refractivity contribution in [1.29, 1.82) is 0 Å². The van der Waals surface area contributed by atoms with E-state index < -0.39 is 6.04 Å². The minimum absolute atomic E-state index is 0. The Hall–Kier alpha value is -0.710. The molecule has 0 aliphatic rings. The van der Waals surface area contributed by atoms with Crippen molar-refractivity contribution >= 4 is 35.8 Å². The summed E-state index contributed by atoms with van der Waals surface area (Å²) in [6, 6.07) is 7.39. The summed E-state index contributed by atoms with van der Waals surface area (Å²) in [6.07, 6.45) is 0. The summed E-state index contributed by atoms with van der Waals surface area (Å²) in [6.45, 7) is 3.80. The molecular formula is C12H19ClN2OS. The SMILES string of the molecule is CCSCc1cccc(NC(=O)[C@@H](C)N)c1.Cl. The smallest absolute Gasteiger partial charge is 0.240 e. The molecule has 5 heteroatoms. The van der Waals surface area contributed by atoms with Gasteiger partial charge in [-0.3, -0.25) is 4.79 Å². The van der Waals surface area contributed by atoms with E-state index in [0.717, 1.165) is 17.2 Å². The summed E-state index contributed by atoms with van der Waals surface area (Å²) in [7, 11) is 0. The van der Waals surface area contributed by atoms with Crippen LogP contribution in [-0.4, -0.2) is 17.7 Å². The van der Waals surface area contributed by atoms with E-state index in [1.807, 2.05) is 30.0 Å². The van der Waals surface area contributed by atoms with E-state index in [4.69, 9.17) is 5.73 Å². The van der Waals surface area contributed by atoms with Gasteiger partial charge in [0.25, 0.3) is 0 Å². The molecule has 0 aromatic heterocycles. The summed E-state index contributed by atoms with van der Waals surface area (Å²) >= 11 is 1.86. The zero-order chi connectivity index (χ0) is 12.0. The van der Waals surface area contributed by atoms with E-state index in [9.17, 15) is 4.79 Å². The molecule has 1 amide bonds. The maximum absolute atomic E-state index is 11.4. The first-order valence-corrected chi connectivity index (χ1v) is 6.52. The molecule has 0 bridgehead atoms. The number of amides is 1. The highest BCUT2D eigenvalue weighted by Gasteiger charge is 2.07. The highest BCUT2D eigenvalue weighted by Crippen LogP contribution is 2.16. The highest BCUT2D eigenvalue weighted by atomic mass is 35.5. The highest BCUT2D eigenvalue weighted by molar-refractivity contribution is 7.98. The normalized spacial score (nSPS) is 11.5. The van der Waals surface area contributed by atoms with Crippen LogP contribution in [0.2, 0.25) is 0 Å². The second-order valence-corrected chi connectivity index (χ2v) is 4.89. The Kier molecular flexibility index (Phi) is 8.04. The van der Waals surface area contributed by atoms with Gasteiger partial charge in [-0.1, -0.05) is 19.1 Å². The van der Waals surface area contributed by atoms with Crippen molar-refractivity contribution in [3.63, 3.8) is 0 Å². The minimum Gasteiger partial charge on any atom is -0.325 e. The minimum atomic E-state index is -0.478. The second-order valence-electron chi connectivity index (χ2n) is 3.62. The number of benzene rings is 1. The molecule has 3 nitrogen and oxygen atoms in total. The van der Waals surface area contributed by atoms with Gasteiger partial charge < -0.3 is 11.1 Å². The molecule has 0 spiro atoms. The topological polar surface area (TPSA) is 55.1 Å². The van der Waals surface area contributed by atoms with Crippen LogP contribution in [0, 0.1) is 0 Å². The molecule has 0 saturated carbocycles. The van der Waals surface area contributed by atoms with Crippen molar-refractivity contribution in [1.82, 2.24) is 0 Å². The van der Waals surface area contributed by atoms with Gasteiger partial charge in [0.05, 0.1) is 6.04 Å². The zero-order valence-corrected chi connectivity index (χ0v) is 11.7. The average molecular weight is 275 g/mol. The fraction of sp³-hybridized carbons (Fsp3) is 0.417. The van der Waals surface area contributed by atoms with Crippen molar-refractivity contribution in [2.75, 3.05) is 11.1 Å². The van der Waals surface area contributed by atoms with Crippen LogP contribution in [0.25, 0.3) is 0 Å². The van der Waals surface area contributed by atoms with Gasteiger partial charge in [0.15, 0.2) is 0 Å². The molecule has 96 valence electrons. The summed E-state index contributed by atoms with van der Waals surface area (Å²) in [5, 5.41) is 2.78. The third-order valence-electron chi connectivity index (χ3n) is 2.08. The largest absolute Gasteiger partial charge is 0.325 e. The molecule has 3 N–H and O–H groups in total. The number of thioether (sulfide) groups is 1. The first kappa shape index (κ1) is 16.3. The van der Waals surface area contributed by atoms with Crippen LogP contribution >= 0.6 is 24.2 Å². The van der Waals surface area contributed by atoms with Gasteiger partial charge >= 0.3 is 0 Å². The third kappa shape index (κ3) is 5.96. The van der Waals surface area contributed by atoms with Gasteiger partial charge in [0.2, 0.25) is 5.91 Å². The number of hydrogen-bond acceptors (Lipinski definition) is 3. The molecule has 0 fully saturated rings. The zero-order valence-electron chi connectivity index (χ0n) is 10.1. The van der Waals surface area contributed by atoms with Crippen molar-refractivity contribution in [3.05, 3.63) is 29.8 Å². The van der Waals surface area contributed by atoms with Crippen molar-refractivity contribution in [2.45, 2.75) is 25.6 Å². The van der Waals surface area contributed by atoms with Gasteiger partial charge in [0, 0.05) is 11.4 Å². The lowest BCUT2D eigenvalue weighted by Gasteiger charge is -2.09. The molecule has 1 aromatic carbocycles. The number of nitrogens with one attached hydrogen (secondary N) is 1. The molecule has 1 rings (SSSR count). The fourth-order valence-corrected chi connectivity index (χ4v) is 1.83. The maximum Gasteiger partial charge on any atom is 0.240 e. The Balaban J connectivity index is 0.00000256. The maximum atomic E-state index is 11.4. The quantitative estimate of drug-likeness (QED) is 0.868. The van der Waals surface area contributed by atoms with Crippen molar-refractivity contribution in [3.8, 4) is 0 Å². The predicted octanol–water partition coefficient (Wildman–Crippen LogP) is 2.65. The number of halogens is 1. The Labute approximate surface area is 113 Å². The summed E-state index contributed by atoms with van der Waals surface area (Å²) in [5.74, 6) is 1.91. The van der Waals surface area contributed by atoms with Crippen LogP contribution < -0.4 is 11.1 Å². The van der Waals surface area contributed by atoms with Crippen LogP contribution in [0.1, 0.15) is 19.4 Å². The molecule has 0 aliphatic carbocycles. The molecule has 0 saturated heterocycles. The standard InChI is InChI=1S/C12H18N2OS.ClH/c1-3-16-8-10-5-4-6-11(7-10)14-12(15)9(2)13;/h4-7,9H,3,8,13H2,1-2H3,(H,14,15);1H/t9-;/m1./s1. The Morgan fingerprint density at radius 1 is 1.53 bits per heavy atom. The number of hydrogen-bond donors (Lipinski definition) is 2. The Morgan fingerprint density at radius 3 is 2.82 bits per heavy atom. The van der Waals surface area contributed by atoms with Crippen LogP contribution in [0.15, 0.2) is 24.3 Å². The number of rotatable bonds is 5. The summed E-state index contributed by atoms with van der Waals surface area (Å²) in [5.41, 5.74) is 7.52. The average Bonchev–Trinajstić information content (AvgIpc) is 2.26. The lowest BCUT2D eigenvalue weighted by Crippen LogP contribution is -2.32. The Morgan fingerprint density at radius 2 is 2.24 bits per heavy atom. The third-order valence-corrected chi connectivity index (χ3v) is 3.03. The number of carbonyl (C=O) groups is 1. The summed E-state index contributed by atoms with van der Waals surface area (Å²) < 4.78 is 0. The van der Waals surface area contributed by atoms with Crippen molar-refractivity contribution in [2.24, 2.45) is 5.73 Å². The monoisotopic (exact) mass is 274 g/mol. The first-order chi connectivity index (χ1) is 7.63. The van der Waals surface area contributed by atoms with E-state index >= 15 is 0 Å². The van der Waals surface area contributed by atoms with Crippen LogP contribution in [0.3, 0.4) is 0 Å². The molecule has 0 radical (unpaired) electrons. The lowest BCUT2D eigenvalue weighted by molar-refractivity contribution is -0.117. The lowest BCUT2D eigenvalue weighted by atomic mass is 10.2. The molecule has 0 unspecified atom stereocenters. The summed E-state index contributed by atoms with van der Waals surface area (Å²) in [4.78, 5) is 11.4. The van der Waals surface area contributed by atoms with Gasteiger partial charge in [-0.25, -0.2) is 0 Å². The van der Waals surface area contributed by atoms with Crippen LogP contribution in [0.5, 0.6) is 0 Å². The number of carbonyl (C=O) groups excluding carboxylic acids is 1. The fourth-order valence-electron chi connectivity index (χ4n) is 1.21. The predicted molar refractivity (Wildman–Crippen MR) is 77.8 cm³/mol. The van der Waals surface area contributed by atoms with Gasteiger partial charge in [-0.15, -0.1) is 12.4 Å². The van der Waals surface area contributed by atoms with E-state index in [1.165, 1.54) is 5.56 Å². The van der Waals surface area contributed by atoms with Crippen LogP contribution in [-0.2, 0) is 10.5 Å². The van der Waals surface area contributed by atoms with E-state index in [2.05, 4.69) is 18.3 Å². The second kappa shape index (κ2) is 8.39. The molecule has 1 aromatic rings. The van der Waals surface area contributed by atoms with Gasteiger partial charge in [-0.2, -0.15) is 11.8 Å². The Bertz CT molecular complexity index is 358. The first-order valence-electron chi connectivity index (χ1n) is 5.36.